The van der Waals surface area contributed by atoms with Gasteiger partial charge in [-0.1, -0.05) is 6.42 Å². The van der Waals surface area contributed by atoms with E-state index in [9.17, 15) is 19.6 Å². The summed E-state index contributed by atoms with van der Waals surface area (Å²) < 4.78 is 14.0. The Kier molecular flexibility index (Phi) is 8.41. The monoisotopic (exact) mass is 590 g/mol. The number of nitrogens with zero attached hydrogens (tertiary/aromatic N) is 6. The fourth-order valence-corrected chi connectivity index (χ4v) is 5.56. The molecule has 2 aliphatic rings. The van der Waals surface area contributed by atoms with Crippen LogP contribution in [-0.2, 0) is 9.47 Å². The highest BCUT2D eigenvalue weighted by atomic mass is 16.6. The number of fused-ring (bicyclic) bond motifs is 1. The van der Waals surface area contributed by atoms with Gasteiger partial charge in [0, 0.05) is 38.4 Å². The van der Waals surface area contributed by atoms with Crippen molar-refractivity contribution in [1.29, 1.82) is 5.26 Å². The van der Waals surface area contributed by atoms with E-state index in [0.29, 0.717) is 6.42 Å². The molecule has 4 atom stereocenters. The summed E-state index contributed by atoms with van der Waals surface area (Å²) in [6.07, 6.45) is 7.27. The first kappa shape index (κ1) is 30.0. The maximum atomic E-state index is 13.6. The van der Waals surface area contributed by atoms with Crippen LogP contribution in [0.1, 0.15) is 75.7 Å². The van der Waals surface area contributed by atoms with E-state index in [2.05, 4.69) is 26.8 Å². The number of carbonyl (C=O) groups is 2. The minimum absolute atomic E-state index is 0.0577. The Labute approximate surface area is 249 Å². The Morgan fingerprint density at radius 2 is 2.00 bits per heavy atom. The van der Waals surface area contributed by atoms with E-state index in [-0.39, 0.29) is 64.1 Å². The summed E-state index contributed by atoms with van der Waals surface area (Å²) in [4.78, 5) is 45.9. The topological polar surface area (TPSA) is 156 Å². The van der Waals surface area contributed by atoms with Gasteiger partial charge < -0.3 is 24.7 Å². The number of hydrogen-bond donors (Lipinski definition) is 2. The van der Waals surface area contributed by atoms with Crippen molar-refractivity contribution in [1.82, 2.24) is 24.5 Å². The molecule has 0 radical (unpaired) electrons. The Morgan fingerprint density at radius 3 is 2.67 bits per heavy atom. The molecule has 0 aromatic carbocycles. The molecule has 3 heterocycles. The molecule has 13 heteroatoms. The maximum Gasteiger partial charge on any atom is 0.415 e. The maximum absolute atomic E-state index is 13.6. The van der Waals surface area contributed by atoms with Crippen molar-refractivity contribution >= 4 is 35.0 Å². The second kappa shape index (κ2) is 12.0. The molecular formula is C30H38N8O5. The Morgan fingerprint density at radius 1 is 1.21 bits per heavy atom. The van der Waals surface area contributed by atoms with Crippen molar-refractivity contribution < 1.29 is 19.1 Å². The fourth-order valence-electron chi connectivity index (χ4n) is 5.56. The highest BCUT2D eigenvalue weighted by Gasteiger charge is 2.33. The summed E-state index contributed by atoms with van der Waals surface area (Å²) in [6, 6.07) is 7.13. The van der Waals surface area contributed by atoms with E-state index >= 15 is 0 Å². The van der Waals surface area contributed by atoms with Gasteiger partial charge in [0.05, 0.1) is 24.4 Å². The van der Waals surface area contributed by atoms with E-state index in [1.807, 2.05) is 0 Å². The van der Waals surface area contributed by atoms with E-state index in [4.69, 9.17) is 9.47 Å². The van der Waals surface area contributed by atoms with Crippen LogP contribution < -0.4 is 21.1 Å². The Balaban J connectivity index is 1.52. The van der Waals surface area contributed by atoms with Gasteiger partial charge in [-0.25, -0.2) is 9.78 Å². The Hall–Kier alpha value is -4.44. The number of amides is 2. The van der Waals surface area contributed by atoms with E-state index in [1.165, 1.54) is 22.7 Å². The van der Waals surface area contributed by atoms with Gasteiger partial charge in [0.2, 0.25) is 0 Å². The van der Waals surface area contributed by atoms with E-state index in [1.54, 1.807) is 56.8 Å². The lowest BCUT2D eigenvalue weighted by Gasteiger charge is -2.35. The minimum atomic E-state index is -0.743. The van der Waals surface area contributed by atoms with Gasteiger partial charge in [-0.2, -0.15) is 14.9 Å². The molecule has 0 saturated heterocycles. The molecule has 3 aromatic rings. The second-order valence-corrected chi connectivity index (χ2v) is 12.2. The summed E-state index contributed by atoms with van der Waals surface area (Å²) in [5.41, 5.74) is -0.321. The summed E-state index contributed by atoms with van der Waals surface area (Å²) in [7, 11) is 3.15. The van der Waals surface area contributed by atoms with Gasteiger partial charge in [-0.3, -0.25) is 14.5 Å². The summed E-state index contributed by atoms with van der Waals surface area (Å²) >= 11 is 0. The molecule has 2 aliphatic carbocycles. The molecule has 43 heavy (non-hydrogen) atoms. The van der Waals surface area contributed by atoms with Gasteiger partial charge in [-0.05, 0) is 65.0 Å². The second-order valence-electron chi connectivity index (χ2n) is 12.2. The van der Waals surface area contributed by atoms with Crippen LogP contribution in [0.2, 0.25) is 0 Å². The molecule has 0 aliphatic heterocycles. The normalized spacial score (nSPS) is 21.9. The number of hydrogen-bond acceptors (Lipinski definition) is 9. The molecule has 0 spiro atoms. The zero-order chi connectivity index (χ0) is 30.9. The third kappa shape index (κ3) is 6.34. The van der Waals surface area contributed by atoms with Crippen LogP contribution in [0.15, 0.2) is 35.4 Å². The number of aromatic nitrogens is 4. The number of pyridine rings is 1. The number of anilines is 3. The number of nitrogens with one attached hydrogen (secondary N) is 2. The molecule has 2 amide bonds. The van der Waals surface area contributed by atoms with Crippen LogP contribution in [0.3, 0.4) is 0 Å². The number of methoxy groups -OCH3 is 1. The van der Waals surface area contributed by atoms with Crippen molar-refractivity contribution in [3.63, 3.8) is 0 Å². The third-order valence-corrected chi connectivity index (χ3v) is 8.00. The molecule has 2 fully saturated rings. The first-order valence-electron chi connectivity index (χ1n) is 14.6. The van der Waals surface area contributed by atoms with Gasteiger partial charge in [0.15, 0.2) is 5.65 Å². The average molecular weight is 591 g/mol. The zero-order valence-electron chi connectivity index (χ0n) is 25.2. The molecule has 5 rings (SSSR count). The van der Waals surface area contributed by atoms with Crippen molar-refractivity contribution in [2.24, 2.45) is 5.92 Å². The summed E-state index contributed by atoms with van der Waals surface area (Å²) in [5.74, 6) is 0.0605. The van der Waals surface area contributed by atoms with Crippen molar-refractivity contribution in [3.8, 4) is 6.07 Å². The molecule has 0 bridgehead atoms. The van der Waals surface area contributed by atoms with Gasteiger partial charge >= 0.3 is 6.09 Å². The molecule has 228 valence electrons. The SMILES string of the molecule is CO[C@H]1CCC1NC(=O)c1cnn2c(N(C)C(=O)OC(C)(C)C)cc(Nc3cccn([C@H]4CCC[C@@H](C#N)C4)c3=O)nc12. The quantitative estimate of drug-likeness (QED) is 0.412. The standard InChI is InChI=1S/C30H38N8O5/c1-30(2,3)43-29(41)36(4)25-15-24(33-22-10-7-13-37(28(22)40)19-9-6-8-18(14-19)16-31)35-26-20(17-32-38(25)26)27(39)34-21-11-12-23(21)42-5/h7,10,13,15,17-19,21,23H,6,8-9,11-12,14H2,1-5H3,(H,33,35)(H,34,39)/t18-,19+,21?,23+/m1/s1. The van der Waals surface area contributed by atoms with Crippen LogP contribution in [0.4, 0.5) is 22.1 Å². The van der Waals surface area contributed by atoms with Crippen LogP contribution in [-0.4, -0.2) is 63.1 Å². The molecular weight excluding hydrogens is 552 g/mol. The Bertz CT molecular complexity index is 1620. The summed E-state index contributed by atoms with van der Waals surface area (Å²) in [5, 5.41) is 19.9. The highest BCUT2D eigenvalue weighted by Crippen LogP contribution is 2.32. The first-order valence-corrected chi connectivity index (χ1v) is 14.6. The number of nitriles is 1. The third-order valence-electron chi connectivity index (χ3n) is 8.00. The van der Waals surface area contributed by atoms with Crippen LogP contribution >= 0.6 is 0 Å². The average Bonchev–Trinajstić information content (AvgIpc) is 3.39. The first-order chi connectivity index (χ1) is 20.5. The predicted molar refractivity (Wildman–Crippen MR) is 160 cm³/mol. The molecule has 1 unspecified atom stereocenters. The number of carbonyl (C=O) groups excluding carboxylic acids is 2. The van der Waals surface area contributed by atoms with Crippen molar-refractivity contribution in [2.75, 3.05) is 24.4 Å². The van der Waals surface area contributed by atoms with Crippen molar-refractivity contribution in [2.45, 2.75) is 83.1 Å². The zero-order valence-corrected chi connectivity index (χ0v) is 25.2. The van der Waals surface area contributed by atoms with Gasteiger partial charge in [0.1, 0.15) is 28.5 Å². The van der Waals surface area contributed by atoms with E-state index < -0.39 is 11.7 Å². The molecule has 2 N–H and O–H groups in total. The van der Waals surface area contributed by atoms with Crippen molar-refractivity contribution in [3.05, 3.63) is 46.5 Å². The lowest BCUT2D eigenvalue weighted by Crippen LogP contribution is -2.51. The van der Waals surface area contributed by atoms with Crippen LogP contribution in [0, 0.1) is 17.2 Å². The van der Waals surface area contributed by atoms with Crippen LogP contribution in [0.5, 0.6) is 0 Å². The lowest BCUT2D eigenvalue weighted by molar-refractivity contribution is 0.00732. The number of ether oxygens (including phenoxy) is 2. The van der Waals surface area contributed by atoms with Crippen LogP contribution in [0.25, 0.3) is 5.65 Å². The number of rotatable bonds is 7. The van der Waals surface area contributed by atoms with Gasteiger partial charge in [0.25, 0.3) is 11.5 Å². The van der Waals surface area contributed by atoms with E-state index in [0.717, 1.165) is 32.1 Å². The van der Waals surface area contributed by atoms with Gasteiger partial charge in [-0.15, -0.1) is 0 Å². The minimum Gasteiger partial charge on any atom is -0.443 e. The largest absolute Gasteiger partial charge is 0.443 e. The molecule has 13 nitrogen and oxygen atoms in total. The molecule has 2 saturated carbocycles. The molecule has 3 aromatic heterocycles. The summed E-state index contributed by atoms with van der Waals surface area (Å²) in [6.45, 7) is 5.30. The predicted octanol–water partition coefficient (Wildman–Crippen LogP) is 4.17. The highest BCUT2D eigenvalue weighted by molar-refractivity contribution is 6.00. The lowest BCUT2D eigenvalue weighted by atomic mass is 9.86. The fraction of sp³-hybridized carbons (Fsp3) is 0.533. The smallest absolute Gasteiger partial charge is 0.415 e.